The first-order chi connectivity index (χ1) is 14.5. The molecule has 1 aliphatic rings. The summed E-state index contributed by atoms with van der Waals surface area (Å²) in [5, 5.41) is 11.5. The lowest BCUT2D eigenvalue weighted by atomic mass is 9.95. The van der Waals surface area contributed by atoms with E-state index in [4.69, 9.17) is 16.3 Å². The summed E-state index contributed by atoms with van der Waals surface area (Å²) >= 11 is 6.00. The van der Waals surface area contributed by atoms with Crippen LogP contribution in [0.15, 0.2) is 84.4 Å². The molecule has 0 aromatic heterocycles. The highest BCUT2D eigenvalue weighted by Gasteiger charge is 2.46. The van der Waals surface area contributed by atoms with Gasteiger partial charge < -0.3 is 9.84 Å². The fraction of sp³-hybridized carbons (Fsp3) is 0.0833. The number of methoxy groups -OCH3 is 1. The normalized spacial score (nSPS) is 17.9. The van der Waals surface area contributed by atoms with E-state index in [0.29, 0.717) is 27.6 Å². The number of rotatable bonds is 4. The summed E-state index contributed by atoms with van der Waals surface area (Å²) in [4.78, 5) is 27.4. The molecule has 1 heterocycles. The molecule has 1 saturated heterocycles. The first-order valence-corrected chi connectivity index (χ1v) is 9.65. The van der Waals surface area contributed by atoms with Crippen LogP contribution in [0.5, 0.6) is 5.75 Å². The van der Waals surface area contributed by atoms with Gasteiger partial charge in [0.1, 0.15) is 11.5 Å². The molecule has 0 radical (unpaired) electrons. The Labute approximate surface area is 178 Å². The van der Waals surface area contributed by atoms with Crippen LogP contribution in [0.1, 0.15) is 17.2 Å². The van der Waals surface area contributed by atoms with E-state index < -0.39 is 17.7 Å². The number of ether oxygens (including phenoxy) is 1. The second kappa shape index (κ2) is 8.05. The van der Waals surface area contributed by atoms with Crippen LogP contribution in [-0.4, -0.2) is 23.9 Å². The minimum atomic E-state index is -0.794. The summed E-state index contributed by atoms with van der Waals surface area (Å²) in [7, 11) is 1.56. The molecule has 1 unspecified atom stereocenters. The molecule has 3 aromatic rings. The molecule has 0 saturated carbocycles. The number of hydrogen-bond donors (Lipinski definition) is 1. The molecule has 4 rings (SSSR count). The predicted octanol–water partition coefficient (Wildman–Crippen LogP) is 4.97. The van der Waals surface area contributed by atoms with E-state index in [0.717, 1.165) is 0 Å². The van der Waals surface area contributed by atoms with E-state index in [1.54, 1.807) is 79.9 Å². The lowest BCUT2D eigenvalue weighted by Gasteiger charge is -2.25. The van der Waals surface area contributed by atoms with E-state index in [2.05, 4.69) is 0 Å². The zero-order chi connectivity index (χ0) is 21.3. The Morgan fingerprint density at radius 1 is 0.933 bits per heavy atom. The van der Waals surface area contributed by atoms with Crippen LogP contribution < -0.4 is 9.64 Å². The Kier molecular flexibility index (Phi) is 5.29. The van der Waals surface area contributed by atoms with Crippen molar-refractivity contribution in [3.05, 3.63) is 101 Å². The smallest absolute Gasteiger partial charge is 0.300 e. The molecule has 1 N–H and O–H groups in total. The van der Waals surface area contributed by atoms with Crippen LogP contribution in [0.4, 0.5) is 5.69 Å². The summed E-state index contributed by atoms with van der Waals surface area (Å²) in [6.07, 6.45) is 0. The third-order valence-corrected chi connectivity index (χ3v) is 5.28. The Balaban J connectivity index is 1.92. The monoisotopic (exact) mass is 419 g/mol. The number of hydrogen-bond acceptors (Lipinski definition) is 4. The van der Waals surface area contributed by atoms with Gasteiger partial charge >= 0.3 is 0 Å². The second-order valence-corrected chi connectivity index (χ2v) is 7.22. The standard InChI is InChI=1S/C24H18ClNO4/c1-30-19-13-7-15(8-14-19)21-20(22(27)16-5-3-2-4-6-16)23(28)24(29)26(21)18-11-9-17(25)10-12-18/h2-14,21,27H,1H3/b22-20-. The van der Waals surface area contributed by atoms with Crippen molar-refractivity contribution in [3.8, 4) is 5.75 Å². The number of amides is 1. The fourth-order valence-electron chi connectivity index (χ4n) is 3.55. The molecule has 0 bridgehead atoms. The first-order valence-electron chi connectivity index (χ1n) is 9.27. The molecule has 0 spiro atoms. The van der Waals surface area contributed by atoms with Crippen molar-refractivity contribution in [2.75, 3.05) is 12.0 Å². The number of carbonyl (C=O) groups is 2. The van der Waals surface area contributed by atoms with Crippen LogP contribution in [0.25, 0.3) is 5.76 Å². The summed E-state index contributed by atoms with van der Waals surface area (Å²) in [6.45, 7) is 0. The molecular formula is C24H18ClNO4. The maximum absolute atomic E-state index is 13.0. The van der Waals surface area contributed by atoms with Gasteiger partial charge in [0, 0.05) is 16.3 Å². The van der Waals surface area contributed by atoms with Crippen LogP contribution in [0, 0.1) is 0 Å². The average Bonchev–Trinajstić information content (AvgIpc) is 3.05. The first kappa shape index (κ1) is 19.7. The minimum absolute atomic E-state index is 0.0336. The zero-order valence-corrected chi connectivity index (χ0v) is 16.8. The quantitative estimate of drug-likeness (QED) is 0.368. The Bertz CT molecular complexity index is 1120. The maximum Gasteiger partial charge on any atom is 0.300 e. The van der Waals surface area contributed by atoms with E-state index >= 15 is 0 Å². The highest BCUT2D eigenvalue weighted by atomic mass is 35.5. The number of nitrogens with zero attached hydrogens (tertiary/aromatic N) is 1. The average molecular weight is 420 g/mol. The molecule has 1 fully saturated rings. The lowest BCUT2D eigenvalue weighted by molar-refractivity contribution is -0.132. The molecule has 1 atom stereocenters. The van der Waals surface area contributed by atoms with Crippen molar-refractivity contribution in [1.29, 1.82) is 0 Å². The van der Waals surface area contributed by atoms with Crippen molar-refractivity contribution < 1.29 is 19.4 Å². The van der Waals surface area contributed by atoms with Gasteiger partial charge in [-0.1, -0.05) is 54.1 Å². The number of halogens is 1. The number of anilines is 1. The molecule has 5 nitrogen and oxygen atoms in total. The molecule has 30 heavy (non-hydrogen) atoms. The van der Waals surface area contributed by atoms with Crippen molar-refractivity contribution in [1.82, 2.24) is 0 Å². The zero-order valence-electron chi connectivity index (χ0n) is 16.1. The van der Waals surface area contributed by atoms with Gasteiger partial charge in [0.05, 0.1) is 18.7 Å². The number of aliphatic hydroxyl groups excluding tert-OH is 1. The maximum atomic E-state index is 13.0. The number of carbonyl (C=O) groups excluding carboxylic acids is 2. The van der Waals surface area contributed by atoms with Gasteiger partial charge in [-0.15, -0.1) is 0 Å². The number of Topliss-reactive ketones (excluding diaryl/α,β-unsaturated/α-hetero) is 1. The highest BCUT2D eigenvalue weighted by molar-refractivity contribution is 6.51. The van der Waals surface area contributed by atoms with E-state index in [9.17, 15) is 14.7 Å². The SMILES string of the molecule is COc1ccc(C2/C(=C(/O)c3ccccc3)C(=O)C(=O)N2c2ccc(Cl)cc2)cc1. The summed E-state index contributed by atoms with van der Waals surface area (Å²) in [5.74, 6) is -1.03. The van der Waals surface area contributed by atoms with Gasteiger partial charge in [-0.3, -0.25) is 14.5 Å². The number of benzene rings is 3. The van der Waals surface area contributed by atoms with Gasteiger partial charge in [0.2, 0.25) is 0 Å². The Morgan fingerprint density at radius 2 is 1.57 bits per heavy atom. The van der Waals surface area contributed by atoms with E-state index in [1.165, 1.54) is 4.90 Å². The predicted molar refractivity (Wildman–Crippen MR) is 116 cm³/mol. The molecule has 0 aliphatic carbocycles. The van der Waals surface area contributed by atoms with E-state index in [1.807, 2.05) is 6.07 Å². The molecule has 3 aromatic carbocycles. The fourth-order valence-corrected chi connectivity index (χ4v) is 3.68. The van der Waals surface area contributed by atoms with Gasteiger partial charge in [-0.25, -0.2) is 0 Å². The Hall–Kier alpha value is -3.57. The topological polar surface area (TPSA) is 66.8 Å². The van der Waals surface area contributed by atoms with Gasteiger partial charge in [-0.2, -0.15) is 0 Å². The van der Waals surface area contributed by atoms with Crippen molar-refractivity contribution in [2.45, 2.75) is 6.04 Å². The van der Waals surface area contributed by atoms with Crippen LogP contribution >= 0.6 is 11.6 Å². The second-order valence-electron chi connectivity index (χ2n) is 6.78. The van der Waals surface area contributed by atoms with Gasteiger partial charge in [-0.05, 0) is 42.0 Å². The number of ketones is 1. The third-order valence-electron chi connectivity index (χ3n) is 5.03. The van der Waals surface area contributed by atoms with Crippen LogP contribution in [0.2, 0.25) is 5.02 Å². The van der Waals surface area contributed by atoms with Crippen LogP contribution in [-0.2, 0) is 9.59 Å². The lowest BCUT2D eigenvalue weighted by Crippen LogP contribution is -2.29. The van der Waals surface area contributed by atoms with Crippen molar-refractivity contribution >= 4 is 34.7 Å². The van der Waals surface area contributed by atoms with E-state index in [-0.39, 0.29) is 11.3 Å². The largest absolute Gasteiger partial charge is 0.507 e. The highest BCUT2D eigenvalue weighted by Crippen LogP contribution is 2.42. The minimum Gasteiger partial charge on any atom is -0.507 e. The third kappa shape index (κ3) is 3.44. The summed E-state index contributed by atoms with van der Waals surface area (Å²) in [6, 6.07) is 21.6. The molecule has 150 valence electrons. The molecule has 1 amide bonds. The number of aliphatic hydroxyl groups is 1. The summed E-state index contributed by atoms with van der Waals surface area (Å²) < 4.78 is 5.22. The Morgan fingerprint density at radius 3 is 2.17 bits per heavy atom. The van der Waals surface area contributed by atoms with Gasteiger partial charge in [0.25, 0.3) is 11.7 Å². The van der Waals surface area contributed by atoms with Gasteiger partial charge in [0.15, 0.2) is 0 Å². The van der Waals surface area contributed by atoms with Crippen molar-refractivity contribution in [3.63, 3.8) is 0 Å². The summed E-state index contributed by atoms with van der Waals surface area (Å²) in [5.41, 5.74) is 1.67. The molecule has 6 heteroatoms. The van der Waals surface area contributed by atoms with Crippen LogP contribution in [0.3, 0.4) is 0 Å². The molecular weight excluding hydrogens is 402 g/mol. The van der Waals surface area contributed by atoms with Crippen molar-refractivity contribution in [2.24, 2.45) is 0 Å². The molecule has 1 aliphatic heterocycles.